The summed E-state index contributed by atoms with van der Waals surface area (Å²) in [6, 6.07) is 9.61. The van der Waals surface area contributed by atoms with E-state index in [2.05, 4.69) is 10.5 Å². The zero-order valence-electron chi connectivity index (χ0n) is 15.3. The van der Waals surface area contributed by atoms with Crippen LogP contribution in [0.5, 0.6) is 5.75 Å². The second-order valence-electron chi connectivity index (χ2n) is 5.96. The van der Waals surface area contributed by atoms with E-state index < -0.39 is 22.8 Å². The van der Waals surface area contributed by atoms with Crippen LogP contribution in [-0.4, -0.2) is 29.0 Å². The number of fused-ring (bicyclic) bond motifs is 1. The number of hydrazone groups is 1. The molecular formula is C20H18FN3O4. The van der Waals surface area contributed by atoms with Gasteiger partial charge in [0.25, 0.3) is 0 Å². The molecule has 144 valence electrons. The van der Waals surface area contributed by atoms with Gasteiger partial charge < -0.3 is 14.4 Å². The number of rotatable bonds is 6. The molecule has 1 heterocycles. The summed E-state index contributed by atoms with van der Waals surface area (Å²) >= 11 is 0. The van der Waals surface area contributed by atoms with Crippen LogP contribution in [0.3, 0.4) is 0 Å². The molecule has 8 heteroatoms. The highest BCUT2D eigenvalue weighted by molar-refractivity contribution is 5.93. The molecule has 2 N–H and O–H groups in total. The SMILES string of the molecule is CCn1cc(C(=O)O)c(=O)c2cc(F)c(N/N=C/c3ccc(OC)cc3)cc21. The number of carboxylic acids is 1. The van der Waals surface area contributed by atoms with Gasteiger partial charge in [-0.25, -0.2) is 9.18 Å². The van der Waals surface area contributed by atoms with Crippen molar-refractivity contribution in [1.82, 2.24) is 4.57 Å². The number of carbonyl (C=O) groups is 1. The fourth-order valence-corrected chi connectivity index (χ4v) is 2.78. The van der Waals surface area contributed by atoms with Gasteiger partial charge in [0.15, 0.2) is 0 Å². The van der Waals surface area contributed by atoms with Crippen LogP contribution in [-0.2, 0) is 6.54 Å². The van der Waals surface area contributed by atoms with E-state index in [-0.39, 0.29) is 11.1 Å². The standard InChI is InChI=1S/C20H18FN3O4/c1-3-24-11-15(20(26)27)19(25)14-8-16(21)17(9-18(14)24)23-22-10-12-4-6-13(28-2)7-5-12/h4-11,23H,3H2,1-2H3,(H,26,27)/b22-10+. The zero-order valence-corrected chi connectivity index (χ0v) is 15.3. The summed E-state index contributed by atoms with van der Waals surface area (Å²) in [7, 11) is 1.57. The fourth-order valence-electron chi connectivity index (χ4n) is 2.78. The van der Waals surface area contributed by atoms with Crippen molar-refractivity contribution >= 4 is 28.8 Å². The van der Waals surface area contributed by atoms with Crippen molar-refractivity contribution in [1.29, 1.82) is 0 Å². The highest BCUT2D eigenvalue weighted by atomic mass is 19.1. The lowest BCUT2D eigenvalue weighted by molar-refractivity contribution is 0.0695. The Hall–Kier alpha value is -3.68. The molecule has 0 saturated heterocycles. The first kappa shape index (κ1) is 19.1. The predicted octanol–water partition coefficient (Wildman–Crippen LogP) is 3.31. The van der Waals surface area contributed by atoms with Crippen molar-refractivity contribution < 1.29 is 19.0 Å². The summed E-state index contributed by atoms with van der Waals surface area (Å²) in [6.07, 6.45) is 2.78. The Balaban J connectivity index is 1.96. The lowest BCUT2D eigenvalue weighted by atomic mass is 10.1. The average Bonchev–Trinajstić information content (AvgIpc) is 2.69. The van der Waals surface area contributed by atoms with E-state index in [0.717, 1.165) is 11.6 Å². The number of methoxy groups -OCH3 is 1. The summed E-state index contributed by atoms with van der Waals surface area (Å²) in [4.78, 5) is 23.6. The number of nitrogens with one attached hydrogen (secondary N) is 1. The summed E-state index contributed by atoms with van der Waals surface area (Å²) in [5.41, 5.74) is 2.77. The predicted molar refractivity (Wildman–Crippen MR) is 105 cm³/mol. The molecule has 0 spiro atoms. The normalized spacial score (nSPS) is 11.1. The first-order valence-corrected chi connectivity index (χ1v) is 8.47. The quantitative estimate of drug-likeness (QED) is 0.503. The van der Waals surface area contributed by atoms with E-state index in [9.17, 15) is 19.1 Å². The number of nitrogens with zero attached hydrogens (tertiary/aromatic N) is 2. The van der Waals surface area contributed by atoms with E-state index in [1.807, 2.05) is 0 Å². The molecule has 0 saturated carbocycles. The minimum atomic E-state index is -1.35. The molecule has 28 heavy (non-hydrogen) atoms. The lowest BCUT2D eigenvalue weighted by Gasteiger charge is -2.12. The Kier molecular flexibility index (Phi) is 5.39. The fraction of sp³-hybridized carbons (Fsp3) is 0.150. The van der Waals surface area contributed by atoms with Gasteiger partial charge in [-0.2, -0.15) is 5.10 Å². The first-order valence-electron chi connectivity index (χ1n) is 8.47. The van der Waals surface area contributed by atoms with Gasteiger partial charge in [-0.3, -0.25) is 10.2 Å². The van der Waals surface area contributed by atoms with Crippen molar-refractivity contribution in [2.75, 3.05) is 12.5 Å². The molecular weight excluding hydrogens is 365 g/mol. The van der Waals surface area contributed by atoms with Gasteiger partial charge in [-0.05, 0) is 48.9 Å². The van der Waals surface area contributed by atoms with Gasteiger partial charge in [0.1, 0.15) is 17.1 Å². The van der Waals surface area contributed by atoms with Crippen LogP contribution in [0.4, 0.5) is 10.1 Å². The van der Waals surface area contributed by atoms with Crippen molar-refractivity contribution in [3.63, 3.8) is 0 Å². The Bertz CT molecular complexity index is 1120. The molecule has 0 bridgehead atoms. The Morgan fingerprint density at radius 3 is 2.64 bits per heavy atom. The van der Waals surface area contributed by atoms with E-state index in [0.29, 0.717) is 17.8 Å². The molecule has 0 aliphatic carbocycles. The highest BCUT2D eigenvalue weighted by Gasteiger charge is 2.16. The van der Waals surface area contributed by atoms with Crippen LogP contribution in [0.1, 0.15) is 22.8 Å². The second kappa shape index (κ2) is 7.91. The van der Waals surface area contributed by atoms with Crippen molar-refractivity contribution in [2.45, 2.75) is 13.5 Å². The third-order valence-corrected chi connectivity index (χ3v) is 4.25. The van der Waals surface area contributed by atoms with E-state index in [1.165, 1.54) is 18.5 Å². The number of aromatic nitrogens is 1. The summed E-state index contributed by atoms with van der Waals surface area (Å²) in [5.74, 6) is -1.34. The molecule has 0 amide bonds. The zero-order chi connectivity index (χ0) is 20.3. The van der Waals surface area contributed by atoms with Gasteiger partial charge in [0.2, 0.25) is 5.43 Å². The van der Waals surface area contributed by atoms with Crippen LogP contribution in [0, 0.1) is 5.82 Å². The monoisotopic (exact) mass is 383 g/mol. The first-order chi connectivity index (χ1) is 13.4. The Morgan fingerprint density at radius 2 is 2.04 bits per heavy atom. The summed E-state index contributed by atoms with van der Waals surface area (Å²) in [6.45, 7) is 2.21. The highest BCUT2D eigenvalue weighted by Crippen LogP contribution is 2.22. The average molecular weight is 383 g/mol. The number of benzene rings is 2. The van der Waals surface area contributed by atoms with Crippen molar-refractivity contribution in [3.05, 3.63) is 69.8 Å². The molecule has 1 aromatic heterocycles. The maximum absolute atomic E-state index is 14.4. The number of hydrogen-bond acceptors (Lipinski definition) is 5. The molecule has 3 aromatic rings. The minimum Gasteiger partial charge on any atom is -0.497 e. The topological polar surface area (TPSA) is 92.9 Å². The molecule has 0 atom stereocenters. The van der Waals surface area contributed by atoms with Crippen LogP contribution >= 0.6 is 0 Å². The molecule has 0 unspecified atom stereocenters. The number of ether oxygens (including phenoxy) is 1. The van der Waals surface area contributed by atoms with Gasteiger partial charge in [-0.15, -0.1) is 0 Å². The molecule has 3 rings (SSSR count). The molecule has 0 fully saturated rings. The lowest BCUT2D eigenvalue weighted by Crippen LogP contribution is -2.19. The third kappa shape index (κ3) is 3.71. The van der Waals surface area contributed by atoms with Crippen LogP contribution in [0.15, 0.2) is 52.5 Å². The van der Waals surface area contributed by atoms with Gasteiger partial charge >= 0.3 is 5.97 Å². The molecule has 0 aliphatic heterocycles. The number of aromatic carboxylic acids is 1. The van der Waals surface area contributed by atoms with Crippen LogP contribution in [0.2, 0.25) is 0 Å². The van der Waals surface area contributed by atoms with Gasteiger partial charge in [-0.1, -0.05) is 0 Å². The second-order valence-corrected chi connectivity index (χ2v) is 5.96. The Labute approximate surface area is 159 Å². The smallest absolute Gasteiger partial charge is 0.341 e. The number of halogens is 1. The number of hydrogen-bond donors (Lipinski definition) is 2. The van der Waals surface area contributed by atoms with Crippen LogP contribution < -0.4 is 15.6 Å². The molecule has 2 aromatic carbocycles. The van der Waals surface area contributed by atoms with E-state index in [1.54, 1.807) is 42.9 Å². The number of anilines is 1. The maximum Gasteiger partial charge on any atom is 0.341 e. The third-order valence-electron chi connectivity index (χ3n) is 4.25. The van der Waals surface area contributed by atoms with E-state index >= 15 is 0 Å². The Morgan fingerprint density at radius 1 is 1.32 bits per heavy atom. The number of pyridine rings is 1. The van der Waals surface area contributed by atoms with Crippen molar-refractivity contribution in [2.24, 2.45) is 5.10 Å². The number of carboxylic acid groups (broad SMARTS) is 1. The largest absolute Gasteiger partial charge is 0.497 e. The van der Waals surface area contributed by atoms with Gasteiger partial charge in [0.05, 0.1) is 24.5 Å². The summed E-state index contributed by atoms with van der Waals surface area (Å²) in [5, 5.41) is 13.2. The maximum atomic E-state index is 14.4. The molecule has 0 aliphatic rings. The van der Waals surface area contributed by atoms with E-state index in [4.69, 9.17) is 4.74 Å². The molecule has 0 radical (unpaired) electrons. The van der Waals surface area contributed by atoms with Gasteiger partial charge in [0, 0.05) is 18.1 Å². The number of aryl methyl sites for hydroxylation is 1. The van der Waals surface area contributed by atoms with Crippen molar-refractivity contribution in [3.8, 4) is 5.75 Å². The minimum absolute atomic E-state index is 0.00364. The molecule has 7 nitrogen and oxygen atoms in total. The summed E-state index contributed by atoms with van der Waals surface area (Å²) < 4.78 is 21.1. The van der Waals surface area contributed by atoms with Crippen LogP contribution in [0.25, 0.3) is 10.9 Å².